The Morgan fingerprint density at radius 1 is 1.00 bits per heavy atom. The summed E-state index contributed by atoms with van der Waals surface area (Å²) in [7, 11) is 3.38. The van der Waals surface area contributed by atoms with Gasteiger partial charge in [-0.3, -0.25) is 14.5 Å². The molecule has 1 N–H and O–H groups in total. The van der Waals surface area contributed by atoms with Crippen molar-refractivity contribution >= 4 is 28.4 Å². The largest absolute Gasteiger partial charge is 0.493 e. The topological polar surface area (TPSA) is 96.9 Å². The number of hydrogen-bond acceptors (Lipinski definition) is 7. The quantitative estimate of drug-likeness (QED) is 0.252. The summed E-state index contributed by atoms with van der Waals surface area (Å²) in [6, 6.07) is 15.3. The molecule has 12 heteroatoms. The number of fused-ring (bicyclic) bond motifs is 1. The second kappa shape index (κ2) is 13.3. The Morgan fingerprint density at radius 3 is 2.43 bits per heavy atom. The number of nitrogens with one attached hydrogen (secondary N) is 1. The SMILES string of the molecule is COc1cc2c(-c3ccc(NC(=O)Cc4ccc(C(F)(F)F)cc4)cc3)ncnc2cc1OCCCN1CCN(C)C(=O)C1. The summed E-state index contributed by atoms with van der Waals surface area (Å²) in [4.78, 5) is 37.2. The van der Waals surface area contributed by atoms with Crippen LogP contribution in [0.15, 0.2) is 67.0 Å². The highest BCUT2D eigenvalue weighted by molar-refractivity contribution is 5.95. The number of benzene rings is 3. The molecule has 44 heavy (non-hydrogen) atoms. The van der Waals surface area contributed by atoms with Gasteiger partial charge in [0.2, 0.25) is 11.8 Å². The third-order valence-corrected chi connectivity index (χ3v) is 7.42. The molecule has 1 fully saturated rings. The van der Waals surface area contributed by atoms with Crippen LogP contribution in [-0.2, 0) is 22.2 Å². The number of alkyl halides is 3. The average Bonchev–Trinajstić information content (AvgIpc) is 3.00. The Kier molecular flexibility index (Phi) is 9.29. The number of nitrogens with zero attached hydrogens (tertiary/aromatic N) is 4. The van der Waals surface area contributed by atoms with E-state index in [0.29, 0.717) is 47.1 Å². The number of amides is 2. The van der Waals surface area contributed by atoms with Crippen LogP contribution in [0, 0.1) is 0 Å². The van der Waals surface area contributed by atoms with Crippen molar-refractivity contribution < 1.29 is 32.2 Å². The molecule has 0 bridgehead atoms. The Bertz CT molecular complexity index is 1630. The predicted octanol–water partition coefficient (Wildman–Crippen LogP) is 5.05. The number of methoxy groups -OCH3 is 1. The van der Waals surface area contributed by atoms with E-state index in [-0.39, 0.29) is 18.2 Å². The minimum Gasteiger partial charge on any atom is -0.493 e. The highest BCUT2D eigenvalue weighted by Crippen LogP contribution is 2.36. The number of rotatable bonds is 10. The van der Waals surface area contributed by atoms with Crippen molar-refractivity contribution in [2.45, 2.75) is 19.0 Å². The van der Waals surface area contributed by atoms with Gasteiger partial charge >= 0.3 is 6.18 Å². The van der Waals surface area contributed by atoms with Crippen molar-refractivity contribution in [1.82, 2.24) is 19.8 Å². The summed E-state index contributed by atoms with van der Waals surface area (Å²) >= 11 is 0. The van der Waals surface area contributed by atoms with Crippen LogP contribution in [0.5, 0.6) is 11.5 Å². The fourth-order valence-electron chi connectivity index (χ4n) is 4.95. The molecule has 1 aliphatic rings. The van der Waals surface area contributed by atoms with E-state index in [2.05, 4.69) is 20.2 Å². The maximum Gasteiger partial charge on any atom is 0.416 e. The first-order valence-electron chi connectivity index (χ1n) is 14.1. The standard InChI is InChI=1S/C32H32F3N5O4/c1-39-13-14-40(19-30(39)42)12-3-15-44-28-18-26-25(17-27(28)43-2)31(37-20-36-26)22-6-10-24(11-7-22)38-29(41)16-21-4-8-23(9-5-21)32(33,34)35/h4-11,17-18,20H,3,12-16,19H2,1-2H3,(H,38,41). The van der Waals surface area contributed by atoms with E-state index in [1.165, 1.54) is 18.5 Å². The summed E-state index contributed by atoms with van der Waals surface area (Å²) < 4.78 is 50.0. The van der Waals surface area contributed by atoms with Gasteiger partial charge in [-0.2, -0.15) is 13.2 Å². The number of likely N-dealkylation sites (N-methyl/N-ethyl adjacent to an activating group) is 1. The predicted molar refractivity (Wildman–Crippen MR) is 159 cm³/mol. The molecule has 2 amide bonds. The maximum absolute atomic E-state index is 12.8. The van der Waals surface area contributed by atoms with Crippen LogP contribution in [0.4, 0.5) is 18.9 Å². The Balaban J connectivity index is 1.22. The maximum atomic E-state index is 12.8. The van der Waals surface area contributed by atoms with Crippen molar-refractivity contribution in [3.05, 3.63) is 78.1 Å². The molecule has 0 unspecified atom stereocenters. The zero-order valence-corrected chi connectivity index (χ0v) is 24.4. The second-order valence-corrected chi connectivity index (χ2v) is 10.5. The molecule has 230 valence electrons. The number of piperazine rings is 1. The summed E-state index contributed by atoms with van der Waals surface area (Å²) in [5.74, 6) is 0.875. The first kappa shape index (κ1) is 30.7. The Morgan fingerprint density at radius 2 is 1.75 bits per heavy atom. The molecule has 0 aliphatic carbocycles. The second-order valence-electron chi connectivity index (χ2n) is 10.5. The van der Waals surface area contributed by atoms with Gasteiger partial charge in [-0.1, -0.05) is 24.3 Å². The van der Waals surface area contributed by atoms with Gasteiger partial charge in [0, 0.05) is 49.4 Å². The van der Waals surface area contributed by atoms with Gasteiger partial charge < -0.3 is 19.7 Å². The van der Waals surface area contributed by atoms with Crippen molar-refractivity contribution in [2.24, 2.45) is 0 Å². The molecule has 1 aromatic heterocycles. The van der Waals surface area contributed by atoms with Crippen molar-refractivity contribution in [2.75, 3.05) is 52.3 Å². The molecule has 4 aromatic rings. The molecule has 3 aromatic carbocycles. The van der Waals surface area contributed by atoms with Crippen molar-refractivity contribution in [3.63, 3.8) is 0 Å². The van der Waals surface area contributed by atoms with E-state index >= 15 is 0 Å². The molecule has 1 aliphatic heterocycles. The summed E-state index contributed by atoms with van der Waals surface area (Å²) in [6.07, 6.45) is -2.26. The monoisotopic (exact) mass is 607 g/mol. The molecular weight excluding hydrogens is 575 g/mol. The Hall–Kier alpha value is -4.71. The van der Waals surface area contributed by atoms with E-state index in [0.717, 1.165) is 49.1 Å². The zero-order chi connectivity index (χ0) is 31.3. The van der Waals surface area contributed by atoms with Crippen LogP contribution >= 0.6 is 0 Å². The summed E-state index contributed by atoms with van der Waals surface area (Å²) in [5.41, 5.74) is 2.39. The summed E-state index contributed by atoms with van der Waals surface area (Å²) in [5, 5.41) is 3.53. The van der Waals surface area contributed by atoms with Crippen LogP contribution in [0.3, 0.4) is 0 Å². The van der Waals surface area contributed by atoms with Gasteiger partial charge in [0.15, 0.2) is 11.5 Å². The van der Waals surface area contributed by atoms with Gasteiger partial charge in [-0.05, 0) is 42.3 Å². The smallest absolute Gasteiger partial charge is 0.416 e. The van der Waals surface area contributed by atoms with Gasteiger partial charge in [-0.15, -0.1) is 0 Å². The number of hydrogen-bond donors (Lipinski definition) is 1. The van der Waals surface area contributed by atoms with Crippen molar-refractivity contribution in [3.8, 4) is 22.8 Å². The number of carbonyl (C=O) groups excluding carboxylic acids is 2. The lowest BCUT2D eigenvalue weighted by atomic mass is 10.1. The summed E-state index contributed by atoms with van der Waals surface area (Å²) in [6.45, 7) is 3.20. The third-order valence-electron chi connectivity index (χ3n) is 7.42. The molecule has 0 radical (unpaired) electrons. The number of halogens is 3. The van der Waals surface area contributed by atoms with Gasteiger partial charge in [0.25, 0.3) is 0 Å². The van der Waals surface area contributed by atoms with E-state index in [1.807, 2.05) is 31.3 Å². The molecule has 0 atom stereocenters. The van der Waals surface area contributed by atoms with Crippen LogP contribution in [0.1, 0.15) is 17.5 Å². The van der Waals surface area contributed by atoms with Crippen LogP contribution < -0.4 is 14.8 Å². The van der Waals surface area contributed by atoms with Crippen LogP contribution in [-0.4, -0.2) is 78.5 Å². The average molecular weight is 608 g/mol. The van der Waals surface area contributed by atoms with Gasteiger partial charge in [-0.25, -0.2) is 9.97 Å². The third kappa shape index (κ3) is 7.43. The molecule has 0 spiro atoms. The molecular formula is C32H32F3N5O4. The molecule has 1 saturated heterocycles. The van der Waals surface area contributed by atoms with Crippen LogP contribution in [0.2, 0.25) is 0 Å². The van der Waals surface area contributed by atoms with E-state index in [9.17, 15) is 22.8 Å². The normalized spacial score (nSPS) is 14.1. The van der Waals surface area contributed by atoms with E-state index in [4.69, 9.17) is 9.47 Å². The number of ether oxygens (including phenoxy) is 2. The van der Waals surface area contributed by atoms with Gasteiger partial charge in [0.1, 0.15) is 6.33 Å². The number of carbonyl (C=O) groups is 2. The first-order valence-corrected chi connectivity index (χ1v) is 14.1. The highest BCUT2D eigenvalue weighted by atomic mass is 19.4. The molecule has 2 heterocycles. The Labute approximate surface area is 252 Å². The van der Waals surface area contributed by atoms with E-state index in [1.54, 1.807) is 24.1 Å². The lowest BCUT2D eigenvalue weighted by molar-refractivity contribution is -0.137. The molecule has 0 saturated carbocycles. The minimum atomic E-state index is -4.42. The molecule has 5 rings (SSSR count). The highest BCUT2D eigenvalue weighted by Gasteiger charge is 2.30. The zero-order valence-electron chi connectivity index (χ0n) is 24.4. The van der Waals surface area contributed by atoms with Crippen molar-refractivity contribution in [1.29, 1.82) is 0 Å². The van der Waals surface area contributed by atoms with Crippen LogP contribution in [0.25, 0.3) is 22.2 Å². The van der Waals surface area contributed by atoms with Gasteiger partial charge in [0.05, 0.1) is 43.5 Å². The fraction of sp³-hybridized carbons (Fsp3) is 0.312. The molecule has 9 nitrogen and oxygen atoms in total. The van der Waals surface area contributed by atoms with E-state index < -0.39 is 11.7 Å². The number of aromatic nitrogens is 2. The minimum absolute atomic E-state index is 0.0594. The number of anilines is 1. The lowest BCUT2D eigenvalue weighted by Gasteiger charge is -2.31. The fourth-order valence-corrected chi connectivity index (χ4v) is 4.95. The lowest BCUT2D eigenvalue weighted by Crippen LogP contribution is -2.48. The first-order chi connectivity index (χ1) is 21.1.